The molecule has 84 heavy (non-hydrogen) atoms. The van der Waals surface area contributed by atoms with E-state index in [9.17, 15) is 24.6 Å². The van der Waals surface area contributed by atoms with Gasteiger partial charge in [-0.05, 0) is 105 Å². The summed E-state index contributed by atoms with van der Waals surface area (Å²) >= 11 is 1.58. The van der Waals surface area contributed by atoms with Crippen LogP contribution in [0.15, 0.2) is 76.9 Å². The van der Waals surface area contributed by atoms with Crippen molar-refractivity contribution in [2.24, 2.45) is 5.92 Å². The van der Waals surface area contributed by atoms with E-state index in [1.165, 1.54) is 4.90 Å². The second kappa shape index (κ2) is 25.0. The third kappa shape index (κ3) is 12.0. The van der Waals surface area contributed by atoms with E-state index in [2.05, 4.69) is 30.2 Å². The minimum atomic E-state index is -0.869. The van der Waals surface area contributed by atoms with Crippen molar-refractivity contribution in [2.75, 3.05) is 69.3 Å². The molecule has 4 aliphatic heterocycles. The molecule has 0 unspecified atom stereocenters. The molecule has 21 heteroatoms. The van der Waals surface area contributed by atoms with Gasteiger partial charge in [0.05, 0.1) is 33.6 Å². The van der Waals surface area contributed by atoms with Gasteiger partial charge in [-0.25, -0.2) is 14.2 Å². The number of amides is 3. The van der Waals surface area contributed by atoms with Crippen LogP contribution in [0.3, 0.4) is 0 Å². The molecule has 0 saturated carbocycles. The van der Waals surface area contributed by atoms with Crippen LogP contribution in [-0.4, -0.2) is 158 Å². The lowest BCUT2D eigenvalue weighted by Gasteiger charge is -2.39. The minimum Gasteiger partial charge on any atom is -0.508 e. The number of phenolic OH excluding ortho intramolecular Hbond substituents is 1. The number of aromatic hydroxyl groups is 1. The average Bonchev–Trinajstić information content (AvgIpc) is 4.38. The number of benzene rings is 3. The molecule has 0 spiro atoms. The number of hydrogen-bond donors (Lipinski definition) is 3. The highest BCUT2D eigenvalue weighted by Crippen LogP contribution is 2.40. The van der Waals surface area contributed by atoms with Crippen molar-refractivity contribution in [1.82, 2.24) is 45.1 Å². The number of pyridine rings is 1. The molecule has 0 radical (unpaired) electrons. The van der Waals surface area contributed by atoms with Gasteiger partial charge in [0.2, 0.25) is 11.8 Å². The zero-order valence-electron chi connectivity index (χ0n) is 49.0. The Bertz CT molecular complexity index is 3520. The van der Waals surface area contributed by atoms with Gasteiger partial charge in [-0.2, -0.15) is 9.97 Å². The molecule has 444 valence electrons. The molecule has 7 atom stereocenters. The predicted molar refractivity (Wildman–Crippen MR) is 321 cm³/mol. The summed E-state index contributed by atoms with van der Waals surface area (Å²) in [6, 6.07) is 17.5. The van der Waals surface area contributed by atoms with Crippen LogP contribution in [-0.2, 0) is 20.7 Å². The number of halogens is 1. The van der Waals surface area contributed by atoms with Crippen LogP contribution in [0.1, 0.15) is 114 Å². The number of likely N-dealkylation sites (tertiary alicyclic amines) is 2. The monoisotopic (exact) mass is 1170 g/mol. The van der Waals surface area contributed by atoms with Gasteiger partial charge < -0.3 is 49.1 Å². The summed E-state index contributed by atoms with van der Waals surface area (Å²) in [7, 11) is 1.99. The number of β-amino-alcohol motifs (C(OH)–C–C–N with tert-alkyl or cyclic N) is 1. The smallest absolute Gasteiger partial charge is 0.409 e. The number of aryl methyl sites for hydroxylation is 2. The van der Waals surface area contributed by atoms with Crippen molar-refractivity contribution < 1.29 is 43.0 Å². The van der Waals surface area contributed by atoms with Gasteiger partial charge in [0.15, 0.2) is 17.4 Å². The van der Waals surface area contributed by atoms with Crippen LogP contribution in [0.5, 0.6) is 11.8 Å². The Morgan fingerprint density at radius 2 is 1.69 bits per heavy atom. The van der Waals surface area contributed by atoms with Crippen molar-refractivity contribution >= 4 is 62.6 Å². The third-order valence-electron chi connectivity index (χ3n) is 17.6. The molecule has 3 N–H and O–H groups in total. The summed E-state index contributed by atoms with van der Waals surface area (Å²) in [6.07, 6.45) is 6.93. The van der Waals surface area contributed by atoms with Crippen LogP contribution in [0, 0.1) is 18.7 Å². The molecular weight excluding hydrogens is 1090 g/mol. The number of carbonyl (C=O) groups excluding carboxylic acids is 3. The number of nitrogens with zero attached hydrogens (tertiary/aromatic N) is 10. The maximum atomic E-state index is 17.2. The molecule has 7 aromatic rings. The zero-order chi connectivity index (χ0) is 58.9. The number of phenols is 1. The van der Waals surface area contributed by atoms with Crippen molar-refractivity contribution in [3.63, 3.8) is 0 Å². The van der Waals surface area contributed by atoms with Crippen LogP contribution in [0.4, 0.5) is 20.8 Å². The lowest BCUT2D eigenvalue weighted by atomic mass is 9.91. The van der Waals surface area contributed by atoms with Crippen LogP contribution in [0.2, 0.25) is 0 Å². The Hall–Kier alpha value is -7.49. The molecule has 19 nitrogen and oxygen atoms in total. The standard InChI is InChI=1S/C63H76FN11O8S/c1-8-40-14-13-15-43-26-46(76)27-48(54(40)43)56-55(64)57-49(30-65-56)59(72-22-11-9-10-12-23-72)69-62(68-57)81-33-44-20-21-45(71(44)7)34-82-63(80)73-24-25-74(37(4)31-73)52-29-51(83-70-52)53(36(2)3)61(79)75-32-47(77)28-50(75)60(78)67-38(5)41-16-18-42(19-17-41)58-39(6)66-35-84-58/h13-19,26-27,29-30,35-38,44-45,47,50,53,76-77H,8-12,20-25,28,31-34H2,1-7H3,(H,67,78)/t37-,38+,44+,45+,47-,50+,53-/m1/s1. The predicted octanol–water partition coefficient (Wildman–Crippen LogP) is 9.82. The normalized spacial score (nSPS) is 21.3. The number of aliphatic hydroxyl groups is 1. The summed E-state index contributed by atoms with van der Waals surface area (Å²) < 4.78 is 35.5. The van der Waals surface area contributed by atoms with Crippen molar-refractivity contribution in [1.29, 1.82) is 0 Å². The van der Waals surface area contributed by atoms with E-state index in [1.807, 2.05) is 96.6 Å². The van der Waals surface area contributed by atoms with Gasteiger partial charge in [-0.1, -0.05) is 81.2 Å². The number of rotatable bonds is 16. The van der Waals surface area contributed by atoms with Gasteiger partial charge in [-0.15, -0.1) is 11.3 Å². The number of thiazole rings is 1. The Balaban J connectivity index is 0.696. The molecule has 0 aliphatic carbocycles. The molecule has 3 amide bonds. The Kier molecular flexibility index (Phi) is 17.3. The molecule has 4 fully saturated rings. The maximum absolute atomic E-state index is 17.2. The van der Waals surface area contributed by atoms with Crippen LogP contribution >= 0.6 is 11.3 Å². The van der Waals surface area contributed by atoms with Crippen LogP contribution < -0.4 is 19.9 Å². The summed E-state index contributed by atoms with van der Waals surface area (Å²) in [5, 5.41) is 31.3. The first kappa shape index (κ1) is 58.3. The largest absolute Gasteiger partial charge is 0.508 e. The molecule has 4 saturated heterocycles. The molecule has 4 aromatic heterocycles. The van der Waals surface area contributed by atoms with E-state index < -0.39 is 30.0 Å². The summed E-state index contributed by atoms with van der Waals surface area (Å²) in [5.74, 6) is -0.742. The number of piperazine rings is 1. The van der Waals surface area contributed by atoms with E-state index in [-0.39, 0.29) is 91.0 Å². The summed E-state index contributed by atoms with van der Waals surface area (Å²) in [5.41, 5.74) is 6.47. The molecule has 3 aromatic carbocycles. The van der Waals surface area contributed by atoms with E-state index in [1.54, 1.807) is 40.6 Å². The summed E-state index contributed by atoms with van der Waals surface area (Å²) in [6.45, 7) is 14.9. The van der Waals surface area contributed by atoms with Gasteiger partial charge in [0.1, 0.15) is 48.0 Å². The van der Waals surface area contributed by atoms with Crippen molar-refractivity contribution in [3.05, 3.63) is 101 Å². The lowest BCUT2D eigenvalue weighted by Crippen LogP contribution is -2.54. The van der Waals surface area contributed by atoms with Gasteiger partial charge in [0.25, 0.3) is 0 Å². The first-order chi connectivity index (χ1) is 40.5. The first-order valence-corrected chi connectivity index (χ1v) is 30.6. The Morgan fingerprint density at radius 1 is 0.929 bits per heavy atom. The van der Waals surface area contributed by atoms with Crippen molar-refractivity contribution in [3.8, 4) is 33.5 Å². The number of nitrogens with one attached hydrogen (secondary N) is 1. The number of anilines is 2. The SMILES string of the molecule is CCc1cccc2cc(O)cc(-c3ncc4c(N5CCCCCC5)nc(OC[C@@H]5CC[C@@H](COC(=O)N6CCN(c7cc([C@H](C(=O)N8C[C@H](O)C[C@H]8C(=O)N[C@@H](C)c8ccc(-c9scnc9C)cc8)C(C)C)on7)[C@H](C)C6)N5C)nc4c3F)c12. The lowest BCUT2D eigenvalue weighted by molar-refractivity contribution is -0.141. The molecule has 8 heterocycles. The number of aliphatic hydroxyl groups excluding tert-OH is 1. The van der Waals surface area contributed by atoms with E-state index in [0.29, 0.717) is 54.4 Å². The number of hydrogen-bond acceptors (Lipinski definition) is 17. The van der Waals surface area contributed by atoms with Crippen molar-refractivity contribution in [2.45, 2.75) is 135 Å². The Labute approximate surface area is 493 Å². The molecule has 4 aliphatic rings. The Morgan fingerprint density at radius 3 is 2.40 bits per heavy atom. The van der Waals surface area contributed by atoms with Gasteiger partial charge in [0, 0.05) is 81.6 Å². The second-order valence-electron chi connectivity index (χ2n) is 23.5. The number of ether oxygens (including phenoxy) is 2. The second-order valence-corrected chi connectivity index (χ2v) is 24.4. The maximum Gasteiger partial charge on any atom is 0.409 e. The first-order valence-electron chi connectivity index (χ1n) is 29.7. The number of likely N-dealkylation sites (N-methyl/N-ethyl adjacent to an activating group) is 1. The van der Waals surface area contributed by atoms with Crippen LogP contribution in [0.25, 0.3) is 43.4 Å². The average molecular weight is 1170 g/mol. The zero-order valence-corrected chi connectivity index (χ0v) is 49.8. The fourth-order valence-corrected chi connectivity index (χ4v) is 13.6. The fraction of sp³-hybridized carbons (Fsp3) is 0.492. The molecule has 11 rings (SSSR count). The fourth-order valence-electron chi connectivity index (χ4n) is 12.8. The van der Waals surface area contributed by atoms with Gasteiger partial charge in [-0.3, -0.25) is 19.5 Å². The molecular formula is C63H76FN11O8S. The van der Waals surface area contributed by atoms with E-state index >= 15 is 4.39 Å². The number of carbonyl (C=O) groups is 3. The van der Waals surface area contributed by atoms with Gasteiger partial charge >= 0.3 is 12.1 Å². The number of fused-ring (bicyclic) bond motifs is 2. The topological polar surface area (TPSA) is 216 Å². The summed E-state index contributed by atoms with van der Waals surface area (Å²) in [4.78, 5) is 71.4. The highest BCUT2D eigenvalue weighted by atomic mass is 32.1. The van der Waals surface area contributed by atoms with E-state index in [0.717, 1.165) is 89.6 Å². The molecule has 0 bridgehead atoms. The van der Waals surface area contributed by atoms with E-state index in [4.69, 9.17) is 28.9 Å². The minimum absolute atomic E-state index is 0.0195. The quantitative estimate of drug-likeness (QED) is 0.0821. The highest BCUT2D eigenvalue weighted by Gasteiger charge is 2.44. The third-order valence-corrected chi connectivity index (χ3v) is 18.6. The highest BCUT2D eigenvalue weighted by molar-refractivity contribution is 7.13. The number of aromatic nitrogens is 5.